The van der Waals surface area contributed by atoms with E-state index in [9.17, 15) is 11.0 Å². The van der Waals surface area contributed by atoms with Gasteiger partial charge in [0.2, 0.25) is 11.9 Å². The maximum atomic E-state index is 10.2. The van der Waals surface area contributed by atoms with Crippen LogP contribution in [-0.2, 0) is 5.41 Å². The standard InChI is InChI=1S/C77H58N6SSi/c1-76-47-20-21-48-77(76,2)83(67-43-18-15-40-64(67)76)75-79-73(78-74(80-75)82-66-42-17-13-37-63(66)70-68(82)46-45-61-59-35-12-16-41-65(59)81(71(61)70)53-27-6-3-7-28-53)52-26-23-34-57(50-52)85(54-29-8-4-9-30-54,55-31-10-5-11-32-55)56-33-22-25-51(49-56)58-38-24-39-62-60-36-14-19-44-69(60)84-72(58)62/h3-19,22-46,49-50H,20-21,47-48H2,1-2H3/i20D2,21D2,47D2,48D2. The highest BCUT2D eigenvalue weighted by Gasteiger charge is 2.58. The Kier molecular flexibility index (Phi) is 9.49. The lowest BCUT2D eigenvalue weighted by Gasteiger charge is -2.49. The van der Waals surface area contributed by atoms with E-state index >= 15 is 0 Å². The van der Waals surface area contributed by atoms with Crippen molar-refractivity contribution in [3.8, 4) is 34.2 Å². The van der Waals surface area contributed by atoms with Gasteiger partial charge in [0.1, 0.15) is 0 Å². The van der Waals surface area contributed by atoms with E-state index in [4.69, 9.17) is 15.0 Å². The molecular weight excluding hydrogens is 1070 g/mol. The fraction of sp³-hybridized carbons (Fsp3) is 0.104. The van der Waals surface area contributed by atoms with Crippen molar-refractivity contribution in [3.05, 3.63) is 272 Å². The lowest BCUT2D eigenvalue weighted by molar-refractivity contribution is 0.193. The number of hydrogen-bond acceptors (Lipinski definition) is 5. The van der Waals surface area contributed by atoms with Crippen LogP contribution in [0.2, 0.25) is 0 Å². The van der Waals surface area contributed by atoms with E-state index in [2.05, 4.69) is 205 Å². The summed E-state index contributed by atoms with van der Waals surface area (Å²) in [6.45, 7) is 3.04. The van der Waals surface area contributed by atoms with Gasteiger partial charge in [0.25, 0.3) is 0 Å². The molecule has 0 N–H and O–H groups in total. The van der Waals surface area contributed by atoms with E-state index in [1.807, 2.05) is 58.4 Å². The molecule has 0 amide bonds. The first-order valence-corrected chi connectivity index (χ1v) is 31.7. The number of hydrogen-bond donors (Lipinski definition) is 0. The highest BCUT2D eigenvalue weighted by molar-refractivity contribution is 7.26. The molecule has 0 radical (unpaired) electrons. The van der Waals surface area contributed by atoms with E-state index in [1.165, 1.54) is 34.0 Å². The molecule has 11 aromatic carbocycles. The van der Waals surface area contributed by atoms with E-state index in [1.54, 1.807) is 29.2 Å². The zero-order valence-corrected chi connectivity index (χ0v) is 48.3. The smallest absolute Gasteiger partial charge is 0.240 e. The largest absolute Gasteiger partial charge is 0.309 e. The van der Waals surface area contributed by atoms with Gasteiger partial charge in [0.05, 0.1) is 27.6 Å². The molecule has 0 spiro atoms. The van der Waals surface area contributed by atoms with E-state index < -0.39 is 44.5 Å². The first-order valence-electron chi connectivity index (χ1n) is 32.9. The Morgan fingerprint density at radius 1 is 0.447 bits per heavy atom. The Labute approximate surface area is 509 Å². The predicted molar refractivity (Wildman–Crippen MR) is 359 cm³/mol. The van der Waals surface area contributed by atoms with Gasteiger partial charge in [0, 0.05) is 75.0 Å². The molecule has 5 heterocycles. The molecule has 4 aromatic heterocycles. The Hall–Kier alpha value is -9.73. The first-order chi connectivity index (χ1) is 44.9. The minimum Gasteiger partial charge on any atom is -0.309 e. The van der Waals surface area contributed by atoms with E-state index in [0.29, 0.717) is 16.8 Å². The zero-order chi connectivity index (χ0) is 63.6. The van der Waals surface area contributed by atoms with Crippen molar-refractivity contribution in [2.24, 2.45) is 0 Å². The van der Waals surface area contributed by atoms with Gasteiger partial charge in [-0.15, -0.1) is 11.3 Å². The second-order valence-electron chi connectivity index (χ2n) is 22.6. The Morgan fingerprint density at radius 3 is 1.79 bits per heavy atom. The molecule has 15 aromatic rings. The zero-order valence-electron chi connectivity index (χ0n) is 54.5. The van der Waals surface area contributed by atoms with Crippen molar-refractivity contribution in [1.82, 2.24) is 24.1 Å². The lowest BCUT2D eigenvalue weighted by Crippen LogP contribution is -2.74. The van der Waals surface area contributed by atoms with Crippen LogP contribution < -0.4 is 25.6 Å². The third-order valence-corrected chi connectivity index (χ3v) is 24.2. The summed E-state index contributed by atoms with van der Waals surface area (Å²) < 4.78 is 84.6. The van der Waals surface area contributed by atoms with Gasteiger partial charge in [-0.05, 0) is 99.6 Å². The monoisotopic (exact) mass is 1130 g/mol. The molecule has 406 valence electrons. The van der Waals surface area contributed by atoms with Gasteiger partial charge >= 0.3 is 0 Å². The highest BCUT2D eigenvalue weighted by atomic mass is 32.1. The summed E-state index contributed by atoms with van der Waals surface area (Å²) in [7, 11) is -3.39. The van der Waals surface area contributed by atoms with Gasteiger partial charge in [0.15, 0.2) is 13.9 Å². The van der Waals surface area contributed by atoms with E-state index in [-0.39, 0.29) is 17.7 Å². The van der Waals surface area contributed by atoms with Crippen molar-refractivity contribution in [2.45, 2.75) is 50.3 Å². The summed E-state index contributed by atoms with van der Waals surface area (Å²) in [5.74, 6) is 0.336. The third-order valence-electron chi connectivity index (χ3n) is 18.3. The van der Waals surface area contributed by atoms with Gasteiger partial charge in [-0.2, -0.15) is 15.0 Å². The SMILES string of the molecule is [2H]C1([2H])C([2H])([2H])C([2H])([2H])C2(C)N(c3nc(-c4cccc([Si](c5ccccc5)(c5ccccc5)c5cccc(-c6cccc7c6sc6ccccc67)c5)c4)nc(-n4c5ccccc5c5c4ccc4c6ccccc6n(-c6ccccc6)c45)n3)c3ccccc3C2(C)C1([2H])[2H]. The van der Waals surface area contributed by atoms with Crippen LogP contribution in [0.25, 0.3) is 97.9 Å². The molecule has 0 saturated heterocycles. The molecule has 2 aliphatic rings. The summed E-state index contributed by atoms with van der Waals surface area (Å²) in [6, 6.07) is 92.3. The number of fused-ring (bicyclic) bond motifs is 13. The van der Waals surface area contributed by atoms with Crippen molar-refractivity contribution in [2.75, 3.05) is 4.90 Å². The quantitative estimate of drug-likeness (QED) is 0.107. The average Bonchev–Trinajstić information content (AvgIpc) is 1.54. The van der Waals surface area contributed by atoms with E-state index in [0.717, 1.165) is 81.2 Å². The molecule has 2 unspecified atom stereocenters. The molecule has 1 fully saturated rings. The van der Waals surface area contributed by atoms with Crippen molar-refractivity contribution < 1.29 is 11.0 Å². The molecule has 17 rings (SSSR count). The fourth-order valence-corrected chi connectivity index (χ4v) is 20.3. The lowest BCUT2D eigenvalue weighted by atomic mass is 9.61. The molecule has 1 saturated carbocycles. The van der Waals surface area contributed by atoms with Crippen molar-refractivity contribution in [3.63, 3.8) is 0 Å². The minimum atomic E-state index is -3.40. The molecule has 0 bridgehead atoms. The third kappa shape index (κ3) is 7.25. The molecule has 6 nitrogen and oxygen atoms in total. The normalized spacial score (nSPS) is 20.7. The number of para-hydroxylation sites is 4. The Bertz CT molecular complexity index is 5520. The second-order valence-corrected chi connectivity index (χ2v) is 27.5. The van der Waals surface area contributed by atoms with Crippen LogP contribution >= 0.6 is 11.3 Å². The number of aromatic nitrogens is 5. The van der Waals surface area contributed by atoms with Crippen molar-refractivity contribution >= 4 is 116 Å². The summed E-state index contributed by atoms with van der Waals surface area (Å²) in [4.78, 5) is 18.2. The summed E-state index contributed by atoms with van der Waals surface area (Å²) in [6.07, 6.45) is -12.9. The Morgan fingerprint density at radius 2 is 1.02 bits per heavy atom. The van der Waals surface area contributed by atoms with Crippen LogP contribution in [0.5, 0.6) is 0 Å². The topological polar surface area (TPSA) is 51.8 Å². The van der Waals surface area contributed by atoms with Crippen molar-refractivity contribution in [1.29, 1.82) is 0 Å². The minimum absolute atomic E-state index is 0.0693. The number of benzene rings is 11. The van der Waals surface area contributed by atoms with Gasteiger partial charge in [-0.25, -0.2) is 0 Å². The van der Waals surface area contributed by atoms with Gasteiger partial charge in [-0.3, -0.25) is 4.57 Å². The number of rotatable bonds is 9. The molecule has 2 atom stereocenters. The molecular formula is C77H58N6SSi. The summed E-state index contributed by atoms with van der Waals surface area (Å²) >= 11 is 1.81. The average molecular weight is 1140 g/mol. The summed E-state index contributed by atoms with van der Waals surface area (Å²) in [5, 5.41) is 10.9. The number of anilines is 2. The number of thiophene rings is 1. The highest BCUT2D eigenvalue weighted by Crippen LogP contribution is 2.60. The van der Waals surface area contributed by atoms with Crippen LogP contribution in [-0.4, -0.2) is 37.7 Å². The van der Waals surface area contributed by atoms with Crippen LogP contribution in [0.1, 0.15) is 55.9 Å². The Balaban J connectivity index is 0.960. The molecule has 8 heteroatoms. The maximum absolute atomic E-state index is 10.2. The van der Waals surface area contributed by atoms with Crippen LogP contribution in [0.15, 0.2) is 267 Å². The van der Waals surface area contributed by atoms with Crippen LogP contribution in [0.3, 0.4) is 0 Å². The second kappa shape index (κ2) is 19.2. The van der Waals surface area contributed by atoms with Crippen LogP contribution in [0.4, 0.5) is 11.6 Å². The maximum Gasteiger partial charge on any atom is 0.240 e. The molecule has 1 aliphatic heterocycles. The van der Waals surface area contributed by atoms with Gasteiger partial charge < -0.3 is 9.47 Å². The first kappa shape index (κ1) is 42.1. The summed E-state index contributed by atoms with van der Waals surface area (Å²) in [5.41, 5.74) is 3.75. The fourth-order valence-electron chi connectivity index (χ4n) is 14.2. The predicted octanol–water partition coefficient (Wildman–Crippen LogP) is 16.9. The molecule has 1 aliphatic carbocycles. The van der Waals surface area contributed by atoms with Crippen LogP contribution in [0, 0.1) is 0 Å². The van der Waals surface area contributed by atoms with Gasteiger partial charge in [-0.1, -0.05) is 244 Å². The number of nitrogens with zero attached hydrogens (tertiary/aromatic N) is 6. The molecule has 85 heavy (non-hydrogen) atoms.